The highest BCUT2D eigenvalue weighted by Crippen LogP contribution is 2.63. The lowest BCUT2D eigenvalue weighted by atomic mass is 9.74. The standard InChI is InChI=1S/C18H17NO3S2/c20-17(21)11-4-2-1-3-10(11)13-12-8-5-6-9(7-8)14(12)23-16-15(13)24-18(22)19-16/h1-4,8-9,12-14H,5-7H2,(H,19,22)(H,20,21). The van der Waals surface area contributed by atoms with Crippen LogP contribution in [0.2, 0.25) is 0 Å². The van der Waals surface area contributed by atoms with Crippen LogP contribution in [0, 0.1) is 17.8 Å². The third-order valence-corrected chi connectivity index (χ3v) is 8.62. The first-order valence-electron chi connectivity index (χ1n) is 8.35. The van der Waals surface area contributed by atoms with Gasteiger partial charge in [0.2, 0.25) is 0 Å². The number of carboxylic acids is 1. The van der Waals surface area contributed by atoms with Gasteiger partial charge in [-0.15, -0.1) is 11.8 Å². The molecule has 1 aromatic carbocycles. The van der Waals surface area contributed by atoms with Gasteiger partial charge in [0, 0.05) is 16.0 Å². The molecular weight excluding hydrogens is 342 g/mol. The summed E-state index contributed by atoms with van der Waals surface area (Å²) in [6.45, 7) is 0. The fourth-order valence-electron chi connectivity index (χ4n) is 5.16. The second-order valence-corrected chi connectivity index (χ2v) is 9.27. The highest BCUT2D eigenvalue weighted by atomic mass is 32.2. The number of H-pyrrole nitrogens is 1. The van der Waals surface area contributed by atoms with Crippen LogP contribution in [0.25, 0.3) is 0 Å². The van der Waals surface area contributed by atoms with Crippen LogP contribution in [0.4, 0.5) is 0 Å². The number of carbonyl (C=O) groups is 1. The average molecular weight is 359 g/mol. The monoisotopic (exact) mass is 359 g/mol. The van der Waals surface area contributed by atoms with Crippen molar-refractivity contribution in [2.24, 2.45) is 17.8 Å². The van der Waals surface area contributed by atoms with Crippen molar-refractivity contribution in [2.75, 3.05) is 0 Å². The number of benzene rings is 1. The van der Waals surface area contributed by atoms with Gasteiger partial charge in [-0.05, 0) is 48.6 Å². The van der Waals surface area contributed by atoms with Crippen LogP contribution in [-0.2, 0) is 0 Å². The van der Waals surface area contributed by atoms with E-state index >= 15 is 0 Å². The zero-order valence-corrected chi connectivity index (χ0v) is 14.5. The molecule has 0 saturated heterocycles. The van der Waals surface area contributed by atoms with Crippen molar-refractivity contribution in [3.05, 3.63) is 49.9 Å². The lowest BCUT2D eigenvalue weighted by Crippen LogP contribution is -2.34. The Balaban J connectivity index is 1.73. The minimum atomic E-state index is -0.882. The molecule has 0 amide bonds. The van der Waals surface area contributed by atoms with Crippen molar-refractivity contribution < 1.29 is 9.90 Å². The molecule has 5 unspecified atom stereocenters. The maximum Gasteiger partial charge on any atom is 0.335 e. The molecule has 0 spiro atoms. The number of hydrogen-bond donors (Lipinski definition) is 2. The van der Waals surface area contributed by atoms with Crippen LogP contribution in [0.5, 0.6) is 0 Å². The number of carboxylic acid groups (broad SMARTS) is 1. The number of thiazole rings is 1. The van der Waals surface area contributed by atoms with Crippen LogP contribution >= 0.6 is 23.1 Å². The third-order valence-electron chi connectivity index (χ3n) is 5.99. The van der Waals surface area contributed by atoms with Crippen molar-refractivity contribution in [1.29, 1.82) is 0 Å². The van der Waals surface area contributed by atoms with E-state index in [4.69, 9.17) is 0 Å². The van der Waals surface area contributed by atoms with Gasteiger partial charge in [0.1, 0.15) is 0 Å². The van der Waals surface area contributed by atoms with Gasteiger partial charge in [0.05, 0.1) is 10.6 Å². The summed E-state index contributed by atoms with van der Waals surface area (Å²) in [6, 6.07) is 7.34. The molecule has 4 nitrogen and oxygen atoms in total. The summed E-state index contributed by atoms with van der Waals surface area (Å²) in [4.78, 5) is 27.8. The molecule has 124 valence electrons. The van der Waals surface area contributed by atoms with Gasteiger partial charge in [0.25, 0.3) is 0 Å². The zero-order chi connectivity index (χ0) is 16.4. The van der Waals surface area contributed by atoms with E-state index in [-0.39, 0.29) is 10.8 Å². The topological polar surface area (TPSA) is 70.2 Å². The molecule has 2 aliphatic carbocycles. The number of aromatic carboxylic acids is 1. The lowest BCUT2D eigenvalue weighted by Gasteiger charge is -2.40. The Morgan fingerprint density at radius 1 is 1.21 bits per heavy atom. The summed E-state index contributed by atoms with van der Waals surface area (Å²) >= 11 is 3.10. The maximum absolute atomic E-state index is 12.0. The lowest BCUT2D eigenvalue weighted by molar-refractivity contribution is 0.0694. The van der Waals surface area contributed by atoms with Crippen LogP contribution in [0.3, 0.4) is 0 Å². The molecule has 3 aliphatic rings. The van der Waals surface area contributed by atoms with Crippen molar-refractivity contribution in [3.8, 4) is 0 Å². The minimum absolute atomic E-state index is 0.0300. The molecule has 2 heterocycles. The molecular formula is C18H17NO3S2. The molecule has 6 heteroatoms. The Kier molecular flexibility index (Phi) is 3.22. The number of hydrogen-bond acceptors (Lipinski definition) is 4. The van der Waals surface area contributed by atoms with E-state index in [0.717, 1.165) is 15.5 Å². The largest absolute Gasteiger partial charge is 0.478 e. The molecule has 2 N–H and O–H groups in total. The summed E-state index contributed by atoms with van der Waals surface area (Å²) in [5.74, 6) is 0.977. The zero-order valence-electron chi connectivity index (χ0n) is 12.9. The Morgan fingerprint density at radius 2 is 2.00 bits per heavy atom. The van der Waals surface area contributed by atoms with E-state index in [9.17, 15) is 14.7 Å². The number of rotatable bonds is 2. The highest BCUT2D eigenvalue weighted by molar-refractivity contribution is 8.00. The number of thioether (sulfide) groups is 1. The molecule has 24 heavy (non-hydrogen) atoms. The van der Waals surface area contributed by atoms with Gasteiger partial charge in [-0.25, -0.2) is 4.79 Å². The summed E-state index contributed by atoms with van der Waals surface area (Å²) in [7, 11) is 0. The first kappa shape index (κ1) is 14.8. The van der Waals surface area contributed by atoms with Crippen LogP contribution < -0.4 is 4.87 Å². The number of aromatic nitrogens is 1. The fourth-order valence-corrected chi connectivity index (χ4v) is 8.05. The predicted molar refractivity (Wildman–Crippen MR) is 94.2 cm³/mol. The SMILES string of the molecule is O=C(O)c1ccccc1C1c2sc(=O)[nH]c2SC2C3CCC(C3)C12. The molecule has 5 rings (SSSR count). The van der Waals surface area contributed by atoms with E-state index in [1.807, 2.05) is 23.9 Å². The van der Waals surface area contributed by atoms with Crippen LogP contribution in [0.1, 0.15) is 46.0 Å². The van der Waals surface area contributed by atoms with Gasteiger partial charge < -0.3 is 10.1 Å². The molecule has 5 atom stereocenters. The van der Waals surface area contributed by atoms with Gasteiger partial charge in [0.15, 0.2) is 0 Å². The smallest absolute Gasteiger partial charge is 0.335 e. The summed E-state index contributed by atoms with van der Waals surface area (Å²) in [5, 5.41) is 11.1. The van der Waals surface area contributed by atoms with E-state index < -0.39 is 5.97 Å². The van der Waals surface area contributed by atoms with E-state index in [1.165, 1.54) is 30.6 Å². The van der Waals surface area contributed by atoms with Gasteiger partial charge in [-0.3, -0.25) is 4.79 Å². The van der Waals surface area contributed by atoms with Gasteiger partial charge in [-0.2, -0.15) is 0 Å². The molecule has 2 fully saturated rings. The number of nitrogens with one attached hydrogen (secondary N) is 1. The van der Waals surface area contributed by atoms with Gasteiger partial charge in [-0.1, -0.05) is 29.5 Å². The quantitative estimate of drug-likeness (QED) is 0.856. The molecule has 0 radical (unpaired) electrons. The van der Waals surface area contributed by atoms with E-state index in [1.54, 1.807) is 12.1 Å². The van der Waals surface area contributed by atoms with Crippen molar-refractivity contribution in [1.82, 2.24) is 4.98 Å². The normalized spacial score (nSPS) is 33.2. The molecule has 1 aromatic heterocycles. The number of fused-ring (bicyclic) bond motifs is 6. The number of aromatic amines is 1. The summed E-state index contributed by atoms with van der Waals surface area (Å²) in [5.41, 5.74) is 1.26. The molecule has 2 saturated carbocycles. The van der Waals surface area contributed by atoms with E-state index in [2.05, 4.69) is 4.98 Å². The highest BCUT2D eigenvalue weighted by Gasteiger charge is 2.55. The Hall–Kier alpha value is -1.53. The third kappa shape index (κ3) is 1.99. The molecule has 2 aromatic rings. The van der Waals surface area contributed by atoms with Crippen LogP contribution in [0.15, 0.2) is 34.1 Å². The second-order valence-electron chi connectivity index (χ2n) is 7.07. The minimum Gasteiger partial charge on any atom is -0.478 e. The fraction of sp³-hybridized carbons (Fsp3) is 0.444. The van der Waals surface area contributed by atoms with Crippen molar-refractivity contribution >= 4 is 29.1 Å². The Bertz CT molecular complexity index is 886. The van der Waals surface area contributed by atoms with Crippen molar-refractivity contribution in [2.45, 2.75) is 35.5 Å². The van der Waals surface area contributed by atoms with Crippen LogP contribution in [-0.4, -0.2) is 21.3 Å². The Labute approximate surface area is 147 Å². The molecule has 1 aliphatic heterocycles. The van der Waals surface area contributed by atoms with Crippen molar-refractivity contribution in [3.63, 3.8) is 0 Å². The molecule has 2 bridgehead atoms. The summed E-state index contributed by atoms with van der Waals surface area (Å²) in [6.07, 6.45) is 3.77. The van der Waals surface area contributed by atoms with E-state index in [0.29, 0.717) is 28.6 Å². The first-order valence-corrected chi connectivity index (χ1v) is 10.0. The second kappa shape index (κ2) is 5.23. The summed E-state index contributed by atoms with van der Waals surface area (Å²) < 4.78 is 0. The Morgan fingerprint density at radius 3 is 2.83 bits per heavy atom. The first-order chi connectivity index (χ1) is 11.6. The maximum atomic E-state index is 12.0. The predicted octanol–water partition coefficient (Wildman–Crippen LogP) is 3.79. The average Bonchev–Trinajstić information content (AvgIpc) is 3.26. The van der Waals surface area contributed by atoms with Gasteiger partial charge >= 0.3 is 10.8 Å².